The Hall–Kier alpha value is -1.16. The molecule has 2 heterocycles. The van der Waals surface area contributed by atoms with E-state index in [4.69, 9.17) is 0 Å². The quantitative estimate of drug-likeness (QED) is 0.745. The van der Waals surface area contributed by atoms with Crippen LogP contribution in [0.15, 0.2) is 18.5 Å². The van der Waals surface area contributed by atoms with Crippen molar-refractivity contribution in [2.75, 3.05) is 18.0 Å². The molecule has 1 N–H and O–H groups in total. The van der Waals surface area contributed by atoms with Crippen LogP contribution in [0, 0.1) is 0 Å². The van der Waals surface area contributed by atoms with Gasteiger partial charge in [0.05, 0.1) is 0 Å². The molecule has 1 saturated heterocycles. The van der Waals surface area contributed by atoms with Crippen molar-refractivity contribution in [3.05, 3.63) is 18.5 Å². The van der Waals surface area contributed by atoms with Crippen LogP contribution in [0.3, 0.4) is 0 Å². The van der Waals surface area contributed by atoms with Crippen LogP contribution in [0.4, 0.5) is 5.95 Å². The number of hydrogen-bond donors (Lipinski definition) is 1. The van der Waals surface area contributed by atoms with Crippen molar-refractivity contribution in [3.8, 4) is 0 Å². The lowest BCUT2D eigenvalue weighted by molar-refractivity contribution is 0.359. The van der Waals surface area contributed by atoms with Crippen LogP contribution >= 0.6 is 0 Å². The molecule has 4 nitrogen and oxygen atoms in total. The van der Waals surface area contributed by atoms with Gasteiger partial charge in [0, 0.05) is 37.6 Å². The lowest BCUT2D eigenvalue weighted by Gasteiger charge is -2.34. The van der Waals surface area contributed by atoms with Crippen molar-refractivity contribution >= 4 is 5.95 Å². The molecule has 0 aliphatic carbocycles. The Labute approximate surface area is 129 Å². The van der Waals surface area contributed by atoms with E-state index < -0.39 is 0 Å². The second kappa shape index (κ2) is 8.98. The van der Waals surface area contributed by atoms with Crippen LogP contribution < -0.4 is 10.2 Å². The lowest BCUT2D eigenvalue weighted by atomic mass is 10.0. The fourth-order valence-electron chi connectivity index (χ4n) is 3.06. The van der Waals surface area contributed by atoms with Gasteiger partial charge in [-0.2, -0.15) is 0 Å². The highest BCUT2D eigenvalue weighted by Gasteiger charge is 2.21. The van der Waals surface area contributed by atoms with Gasteiger partial charge in [-0.25, -0.2) is 9.97 Å². The first-order valence-corrected chi connectivity index (χ1v) is 8.57. The molecule has 1 aliphatic heterocycles. The summed E-state index contributed by atoms with van der Waals surface area (Å²) in [7, 11) is 0. The van der Waals surface area contributed by atoms with Crippen molar-refractivity contribution < 1.29 is 0 Å². The fraction of sp³-hybridized carbons (Fsp3) is 0.765. The topological polar surface area (TPSA) is 41.0 Å². The van der Waals surface area contributed by atoms with E-state index in [1.165, 1.54) is 44.9 Å². The summed E-state index contributed by atoms with van der Waals surface area (Å²) in [6.45, 7) is 6.72. The average Bonchev–Trinajstić information content (AvgIpc) is 2.53. The molecule has 118 valence electrons. The number of piperidine rings is 1. The standard InChI is InChI=1S/C17H30N4/c1-3-4-5-6-8-15(2)20-16-9-13-21(14-10-16)17-18-11-7-12-19-17/h7,11-12,15-16,20H,3-6,8-10,13-14H2,1-2H3. The number of rotatable bonds is 8. The van der Waals surface area contributed by atoms with E-state index in [0.717, 1.165) is 19.0 Å². The minimum Gasteiger partial charge on any atom is -0.341 e. The number of unbranched alkanes of at least 4 members (excludes halogenated alkanes) is 3. The predicted molar refractivity (Wildman–Crippen MR) is 88.6 cm³/mol. The summed E-state index contributed by atoms with van der Waals surface area (Å²) in [5, 5.41) is 3.80. The van der Waals surface area contributed by atoms with Gasteiger partial charge in [-0.1, -0.05) is 32.6 Å². The Morgan fingerprint density at radius 2 is 1.90 bits per heavy atom. The molecule has 1 aromatic rings. The van der Waals surface area contributed by atoms with Crippen LogP contribution in [0.2, 0.25) is 0 Å². The number of nitrogens with zero attached hydrogens (tertiary/aromatic N) is 3. The summed E-state index contributed by atoms with van der Waals surface area (Å²) >= 11 is 0. The summed E-state index contributed by atoms with van der Waals surface area (Å²) in [5.41, 5.74) is 0. The first-order chi connectivity index (χ1) is 10.3. The average molecular weight is 290 g/mol. The SMILES string of the molecule is CCCCCCC(C)NC1CCN(c2ncccn2)CC1. The van der Waals surface area contributed by atoms with Crippen molar-refractivity contribution in [1.29, 1.82) is 0 Å². The maximum absolute atomic E-state index is 4.34. The predicted octanol–water partition coefficient (Wildman–Crippen LogP) is 3.39. The van der Waals surface area contributed by atoms with E-state index in [9.17, 15) is 0 Å². The van der Waals surface area contributed by atoms with Crippen LogP contribution in [0.5, 0.6) is 0 Å². The Morgan fingerprint density at radius 1 is 1.19 bits per heavy atom. The van der Waals surface area contributed by atoms with Gasteiger partial charge < -0.3 is 10.2 Å². The van der Waals surface area contributed by atoms with E-state index in [2.05, 4.69) is 34.0 Å². The highest BCUT2D eigenvalue weighted by molar-refractivity contribution is 5.29. The van der Waals surface area contributed by atoms with Gasteiger partial charge in [-0.3, -0.25) is 0 Å². The minimum absolute atomic E-state index is 0.645. The molecule has 1 atom stereocenters. The van der Waals surface area contributed by atoms with E-state index in [-0.39, 0.29) is 0 Å². The summed E-state index contributed by atoms with van der Waals surface area (Å²) in [6.07, 6.45) is 12.8. The summed E-state index contributed by atoms with van der Waals surface area (Å²) in [5.74, 6) is 0.878. The molecule has 1 aliphatic rings. The van der Waals surface area contributed by atoms with Gasteiger partial charge in [-0.05, 0) is 32.3 Å². The van der Waals surface area contributed by atoms with Crippen LogP contribution in [0.1, 0.15) is 58.8 Å². The number of hydrogen-bond acceptors (Lipinski definition) is 4. The van der Waals surface area contributed by atoms with Gasteiger partial charge in [0.25, 0.3) is 0 Å². The Morgan fingerprint density at radius 3 is 2.57 bits per heavy atom. The van der Waals surface area contributed by atoms with Crippen LogP contribution in [-0.4, -0.2) is 35.1 Å². The lowest BCUT2D eigenvalue weighted by Crippen LogP contribution is -2.45. The number of aromatic nitrogens is 2. The third-order valence-corrected chi connectivity index (χ3v) is 4.34. The highest BCUT2D eigenvalue weighted by atomic mass is 15.3. The molecule has 0 radical (unpaired) electrons. The van der Waals surface area contributed by atoms with E-state index in [0.29, 0.717) is 12.1 Å². The van der Waals surface area contributed by atoms with Crippen LogP contribution in [0.25, 0.3) is 0 Å². The molecule has 0 amide bonds. The van der Waals surface area contributed by atoms with Gasteiger partial charge in [-0.15, -0.1) is 0 Å². The van der Waals surface area contributed by atoms with Gasteiger partial charge in [0.15, 0.2) is 0 Å². The van der Waals surface area contributed by atoms with Gasteiger partial charge in [0.1, 0.15) is 0 Å². The number of anilines is 1. The molecular formula is C17H30N4. The smallest absolute Gasteiger partial charge is 0.225 e. The zero-order chi connectivity index (χ0) is 14.9. The molecule has 1 aromatic heterocycles. The minimum atomic E-state index is 0.645. The first-order valence-electron chi connectivity index (χ1n) is 8.57. The second-order valence-electron chi connectivity index (χ2n) is 6.23. The third-order valence-electron chi connectivity index (χ3n) is 4.34. The fourth-order valence-corrected chi connectivity index (χ4v) is 3.06. The molecule has 0 spiro atoms. The zero-order valence-corrected chi connectivity index (χ0v) is 13.6. The summed E-state index contributed by atoms with van der Waals surface area (Å²) in [6, 6.07) is 3.18. The van der Waals surface area contributed by atoms with Crippen molar-refractivity contribution in [3.63, 3.8) is 0 Å². The Bertz CT molecular complexity index is 374. The summed E-state index contributed by atoms with van der Waals surface area (Å²) in [4.78, 5) is 11.0. The first kappa shape index (κ1) is 16.2. The summed E-state index contributed by atoms with van der Waals surface area (Å²) < 4.78 is 0. The van der Waals surface area contributed by atoms with Crippen molar-refractivity contribution in [2.24, 2.45) is 0 Å². The maximum atomic E-state index is 4.34. The maximum Gasteiger partial charge on any atom is 0.225 e. The second-order valence-corrected chi connectivity index (χ2v) is 6.23. The largest absolute Gasteiger partial charge is 0.341 e. The molecule has 2 rings (SSSR count). The molecule has 21 heavy (non-hydrogen) atoms. The normalized spacial score (nSPS) is 17.9. The molecule has 4 heteroatoms. The van der Waals surface area contributed by atoms with E-state index in [1.807, 2.05) is 18.5 Å². The highest BCUT2D eigenvalue weighted by Crippen LogP contribution is 2.16. The molecule has 0 bridgehead atoms. The molecule has 1 unspecified atom stereocenters. The van der Waals surface area contributed by atoms with Gasteiger partial charge >= 0.3 is 0 Å². The Kier molecular flexibility index (Phi) is 6.93. The third kappa shape index (κ3) is 5.62. The molecule has 0 saturated carbocycles. The van der Waals surface area contributed by atoms with E-state index >= 15 is 0 Å². The number of nitrogens with one attached hydrogen (secondary N) is 1. The molecular weight excluding hydrogens is 260 g/mol. The Balaban J connectivity index is 1.65. The van der Waals surface area contributed by atoms with Crippen molar-refractivity contribution in [2.45, 2.75) is 70.9 Å². The van der Waals surface area contributed by atoms with Crippen LogP contribution in [-0.2, 0) is 0 Å². The van der Waals surface area contributed by atoms with Crippen molar-refractivity contribution in [1.82, 2.24) is 15.3 Å². The molecule has 1 fully saturated rings. The molecule has 0 aromatic carbocycles. The zero-order valence-electron chi connectivity index (χ0n) is 13.6. The van der Waals surface area contributed by atoms with Gasteiger partial charge in [0.2, 0.25) is 5.95 Å². The monoisotopic (exact) mass is 290 g/mol. The van der Waals surface area contributed by atoms with E-state index in [1.54, 1.807) is 0 Å².